The molecule has 5 heteroatoms. The lowest BCUT2D eigenvalue weighted by molar-refractivity contribution is 0.128. The molecule has 1 heterocycles. The molecule has 0 fully saturated rings. The highest BCUT2D eigenvalue weighted by Gasteiger charge is 2.07. The summed E-state index contributed by atoms with van der Waals surface area (Å²) in [4.78, 5) is 6.83. The maximum Gasteiger partial charge on any atom is 0.0589 e. The zero-order chi connectivity index (χ0) is 15.3. The van der Waals surface area contributed by atoms with E-state index in [9.17, 15) is 0 Å². The normalized spacial score (nSPS) is 11.0. The van der Waals surface area contributed by atoms with Crippen LogP contribution in [0.25, 0.3) is 0 Å². The lowest BCUT2D eigenvalue weighted by Crippen LogP contribution is -2.29. The molecule has 0 bridgehead atoms. The second-order valence-electron chi connectivity index (χ2n) is 5.08. The summed E-state index contributed by atoms with van der Waals surface area (Å²) in [7, 11) is 3.48. The Morgan fingerprint density at radius 1 is 1.19 bits per heavy atom. The summed E-state index contributed by atoms with van der Waals surface area (Å²) in [5.41, 5.74) is 2.23. The fraction of sp³-hybridized carbons (Fsp3) is 0.688. The van der Waals surface area contributed by atoms with Gasteiger partial charge in [-0.1, -0.05) is 6.92 Å². The quantitative estimate of drug-likeness (QED) is 0.600. The lowest BCUT2D eigenvalue weighted by Gasteiger charge is -2.21. The summed E-state index contributed by atoms with van der Waals surface area (Å²) in [5.74, 6) is 0. The van der Waals surface area contributed by atoms with Crippen molar-refractivity contribution in [2.24, 2.45) is 0 Å². The summed E-state index contributed by atoms with van der Waals surface area (Å²) < 4.78 is 10.3. The number of methoxy groups -OCH3 is 2. The van der Waals surface area contributed by atoms with E-state index in [4.69, 9.17) is 9.47 Å². The second kappa shape index (κ2) is 11.5. The van der Waals surface area contributed by atoms with Crippen molar-refractivity contribution in [1.29, 1.82) is 0 Å². The van der Waals surface area contributed by atoms with Crippen LogP contribution >= 0.6 is 0 Å². The number of hydrogen-bond donors (Lipinski definition) is 1. The average molecular weight is 295 g/mol. The summed E-state index contributed by atoms with van der Waals surface area (Å²) in [5, 5.41) is 3.40. The van der Waals surface area contributed by atoms with Crippen LogP contribution in [0.4, 0.5) is 5.69 Å². The molecule has 0 aliphatic heterocycles. The smallest absolute Gasteiger partial charge is 0.0589 e. The number of anilines is 1. The fourth-order valence-corrected chi connectivity index (χ4v) is 2.10. The minimum Gasteiger partial charge on any atom is -0.385 e. The topological polar surface area (TPSA) is 46.6 Å². The summed E-state index contributed by atoms with van der Waals surface area (Å²) in [6, 6.07) is 4.15. The SMILES string of the molecule is CCCNc1ccnc(CN(CCCOC)CCOC)c1. The van der Waals surface area contributed by atoms with E-state index in [-0.39, 0.29) is 0 Å². The van der Waals surface area contributed by atoms with E-state index in [1.165, 1.54) is 0 Å². The Labute approximate surface area is 128 Å². The van der Waals surface area contributed by atoms with Gasteiger partial charge in [0.1, 0.15) is 0 Å². The molecular formula is C16H29N3O2. The van der Waals surface area contributed by atoms with Crippen LogP contribution in [0.15, 0.2) is 18.3 Å². The number of pyridine rings is 1. The van der Waals surface area contributed by atoms with Gasteiger partial charge in [0.2, 0.25) is 0 Å². The Balaban J connectivity index is 2.54. The molecule has 1 aromatic rings. The van der Waals surface area contributed by atoms with Gasteiger partial charge in [0.25, 0.3) is 0 Å². The Bertz CT molecular complexity index is 374. The second-order valence-corrected chi connectivity index (χ2v) is 5.08. The molecule has 5 nitrogen and oxygen atoms in total. The highest BCUT2D eigenvalue weighted by Crippen LogP contribution is 2.10. The van der Waals surface area contributed by atoms with Crippen molar-refractivity contribution in [1.82, 2.24) is 9.88 Å². The standard InChI is InChI=1S/C16H29N3O2/c1-4-7-17-15-6-8-18-16(13-15)14-19(10-12-21-3)9-5-11-20-2/h6,8,13H,4-5,7,9-12,14H2,1-3H3,(H,17,18). The number of hydrogen-bond acceptors (Lipinski definition) is 5. The van der Waals surface area contributed by atoms with E-state index < -0.39 is 0 Å². The molecule has 1 N–H and O–H groups in total. The molecule has 0 aromatic carbocycles. The molecule has 0 radical (unpaired) electrons. The minimum atomic E-state index is 0.737. The third-order valence-corrected chi connectivity index (χ3v) is 3.22. The molecule has 0 aliphatic carbocycles. The third kappa shape index (κ3) is 7.99. The largest absolute Gasteiger partial charge is 0.385 e. The maximum absolute atomic E-state index is 5.19. The van der Waals surface area contributed by atoms with Crippen molar-refractivity contribution in [2.75, 3.05) is 52.4 Å². The van der Waals surface area contributed by atoms with Crippen molar-refractivity contribution >= 4 is 5.69 Å². The van der Waals surface area contributed by atoms with E-state index in [1.807, 2.05) is 12.3 Å². The van der Waals surface area contributed by atoms with E-state index in [0.29, 0.717) is 0 Å². The molecule has 0 atom stereocenters. The molecule has 0 saturated heterocycles. The molecule has 0 unspecified atom stereocenters. The van der Waals surface area contributed by atoms with Crippen LogP contribution in [-0.2, 0) is 16.0 Å². The van der Waals surface area contributed by atoms with Crippen molar-refractivity contribution in [2.45, 2.75) is 26.3 Å². The minimum absolute atomic E-state index is 0.737. The predicted molar refractivity (Wildman–Crippen MR) is 86.7 cm³/mol. The van der Waals surface area contributed by atoms with Crippen molar-refractivity contribution in [3.8, 4) is 0 Å². The van der Waals surface area contributed by atoms with Crippen LogP contribution in [0.1, 0.15) is 25.5 Å². The van der Waals surface area contributed by atoms with Gasteiger partial charge < -0.3 is 14.8 Å². The first-order chi connectivity index (χ1) is 10.3. The molecule has 120 valence electrons. The van der Waals surface area contributed by atoms with Gasteiger partial charge in [-0.3, -0.25) is 9.88 Å². The fourth-order valence-electron chi connectivity index (χ4n) is 2.10. The zero-order valence-corrected chi connectivity index (χ0v) is 13.6. The molecule has 1 rings (SSSR count). The van der Waals surface area contributed by atoms with Crippen LogP contribution in [0.2, 0.25) is 0 Å². The highest BCUT2D eigenvalue weighted by molar-refractivity contribution is 5.43. The molecule has 0 amide bonds. The van der Waals surface area contributed by atoms with Crippen LogP contribution < -0.4 is 5.32 Å². The van der Waals surface area contributed by atoms with E-state index in [1.54, 1.807) is 14.2 Å². The first kappa shape index (κ1) is 17.9. The first-order valence-electron chi connectivity index (χ1n) is 7.69. The number of rotatable bonds is 12. The van der Waals surface area contributed by atoms with Crippen LogP contribution in [0.5, 0.6) is 0 Å². The van der Waals surface area contributed by atoms with Gasteiger partial charge >= 0.3 is 0 Å². The number of nitrogens with one attached hydrogen (secondary N) is 1. The summed E-state index contributed by atoms with van der Waals surface area (Å²) in [6.45, 7) is 7.42. The predicted octanol–water partition coefficient (Wildman–Crippen LogP) is 2.39. The maximum atomic E-state index is 5.19. The first-order valence-corrected chi connectivity index (χ1v) is 7.69. The summed E-state index contributed by atoms with van der Waals surface area (Å²) >= 11 is 0. The number of ether oxygens (including phenoxy) is 2. The number of aromatic nitrogens is 1. The molecule has 1 aromatic heterocycles. The average Bonchev–Trinajstić information content (AvgIpc) is 2.51. The lowest BCUT2D eigenvalue weighted by atomic mass is 10.2. The molecule has 21 heavy (non-hydrogen) atoms. The van der Waals surface area contributed by atoms with Gasteiger partial charge in [0.05, 0.1) is 12.3 Å². The van der Waals surface area contributed by atoms with Gasteiger partial charge in [0, 0.05) is 58.9 Å². The summed E-state index contributed by atoms with van der Waals surface area (Å²) in [6.07, 6.45) is 4.01. The van der Waals surface area contributed by atoms with Crippen LogP contribution in [0.3, 0.4) is 0 Å². The highest BCUT2D eigenvalue weighted by atomic mass is 16.5. The van der Waals surface area contributed by atoms with Crippen molar-refractivity contribution in [3.05, 3.63) is 24.0 Å². The van der Waals surface area contributed by atoms with Crippen molar-refractivity contribution in [3.63, 3.8) is 0 Å². The third-order valence-electron chi connectivity index (χ3n) is 3.22. The molecule has 0 aliphatic rings. The molecule has 0 spiro atoms. The number of nitrogens with zero attached hydrogens (tertiary/aromatic N) is 2. The van der Waals surface area contributed by atoms with Gasteiger partial charge in [-0.2, -0.15) is 0 Å². The van der Waals surface area contributed by atoms with Crippen LogP contribution in [-0.4, -0.2) is 57.0 Å². The monoisotopic (exact) mass is 295 g/mol. The molecule has 0 saturated carbocycles. The Morgan fingerprint density at radius 3 is 2.71 bits per heavy atom. The van der Waals surface area contributed by atoms with E-state index in [2.05, 4.69) is 28.2 Å². The van der Waals surface area contributed by atoms with Gasteiger partial charge in [0.15, 0.2) is 0 Å². The van der Waals surface area contributed by atoms with E-state index >= 15 is 0 Å². The van der Waals surface area contributed by atoms with Crippen molar-refractivity contribution < 1.29 is 9.47 Å². The Kier molecular flexibility index (Phi) is 9.78. The Morgan fingerprint density at radius 2 is 2.00 bits per heavy atom. The van der Waals surface area contributed by atoms with Crippen LogP contribution in [0, 0.1) is 0 Å². The van der Waals surface area contributed by atoms with Gasteiger partial charge in [-0.25, -0.2) is 0 Å². The Hall–Kier alpha value is -1.17. The molecular weight excluding hydrogens is 266 g/mol. The zero-order valence-electron chi connectivity index (χ0n) is 13.6. The van der Waals surface area contributed by atoms with Gasteiger partial charge in [-0.15, -0.1) is 0 Å². The van der Waals surface area contributed by atoms with E-state index in [0.717, 1.165) is 63.6 Å². The van der Waals surface area contributed by atoms with Gasteiger partial charge in [-0.05, 0) is 25.0 Å².